The lowest BCUT2D eigenvalue weighted by atomic mass is 10.1. The molecule has 1 amide bonds. The van der Waals surface area contributed by atoms with E-state index in [0.717, 1.165) is 42.6 Å². The fourth-order valence-corrected chi connectivity index (χ4v) is 2.64. The molecule has 0 radical (unpaired) electrons. The van der Waals surface area contributed by atoms with Gasteiger partial charge in [0.25, 0.3) is 5.91 Å². The molecule has 1 N–H and O–H groups in total. The Morgan fingerprint density at radius 1 is 1.61 bits per heavy atom. The highest BCUT2D eigenvalue weighted by Gasteiger charge is 2.22. The summed E-state index contributed by atoms with van der Waals surface area (Å²) in [4.78, 5) is 16.3. The second kappa shape index (κ2) is 4.49. The molecule has 0 fully saturated rings. The van der Waals surface area contributed by atoms with E-state index in [4.69, 9.17) is 0 Å². The van der Waals surface area contributed by atoms with Gasteiger partial charge in [-0.15, -0.1) is 0 Å². The van der Waals surface area contributed by atoms with Gasteiger partial charge in [-0.2, -0.15) is 8.75 Å². The molecule has 0 aliphatic carbocycles. The molecule has 0 unspecified atom stereocenters. The highest BCUT2D eigenvalue weighted by atomic mass is 32.1. The lowest BCUT2D eigenvalue weighted by molar-refractivity contribution is 0.0923. The van der Waals surface area contributed by atoms with Crippen LogP contribution in [0.3, 0.4) is 0 Å². The molecule has 0 bridgehead atoms. The van der Waals surface area contributed by atoms with Crippen LogP contribution in [0.2, 0.25) is 0 Å². The number of imidazole rings is 1. The number of aromatic nitrogens is 4. The van der Waals surface area contributed by atoms with Crippen LogP contribution in [-0.4, -0.2) is 30.2 Å². The van der Waals surface area contributed by atoms with Gasteiger partial charge in [0.15, 0.2) is 5.69 Å². The summed E-state index contributed by atoms with van der Waals surface area (Å²) < 4.78 is 9.87. The smallest absolute Gasteiger partial charge is 0.272 e. The monoisotopic (exact) mass is 263 g/mol. The molecule has 0 saturated heterocycles. The Bertz CT molecular complexity index is 562. The Kier molecular flexibility index (Phi) is 2.83. The zero-order valence-electron chi connectivity index (χ0n) is 9.96. The van der Waals surface area contributed by atoms with Gasteiger partial charge in [0.1, 0.15) is 5.82 Å². The molecular formula is C11H13N5OS. The van der Waals surface area contributed by atoms with E-state index in [2.05, 4.69) is 23.6 Å². The number of nitrogens with one attached hydrogen (secondary N) is 1. The molecule has 0 spiro atoms. The van der Waals surface area contributed by atoms with Gasteiger partial charge >= 0.3 is 0 Å². The molecule has 7 heteroatoms. The van der Waals surface area contributed by atoms with Crippen LogP contribution in [-0.2, 0) is 13.0 Å². The minimum atomic E-state index is -0.144. The number of hydrogen-bond donors (Lipinski definition) is 1. The minimum Gasteiger partial charge on any atom is -0.346 e. The van der Waals surface area contributed by atoms with Crippen molar-refractivity contribution in [3.63, 3.8) is 0 Å². The lowest BCUT2D eigenvalue weighted by Crippen LogP contribution is -2.41. The van der Waals surface area contributed by atoms with Crippen molar-refractivity contribution in [2.75, 3.05) is 0 Å². The largest absolute Gasteiger partial charge is 0.346 e. The van der Waals surface area contributed by atoms with E-state index in [1.165, 1.54) is 6.20 Å². The van der Waals surface area contributed by atoms with Gasteiger partial charge in [0, 0.05) is 25.2 Å². The number of carbonyl (C=O) groups is 1. The molecule has 1 aliphatic rings. The predicted molar refractivity (Wildman–Crippen MR) is 66.4 cm³/mol. The van der Waals surface area contributed by atoms with E-state index in [1.54, 1.807) is 0 Å². The zero-order valence-corrected chi connectivity index (χ0v) is 10.8. The summed E-state index contributed by atoms with van der Waals surface area (Å²) >= 11 is 1.05. The third-order valence-electron chi connectivity index (χ3n) is 3.04. The number of fused-ring (bicyclic) bond motifs is 1. The highest BCUT2D eigenvalue weighted by molar-refractivity contribution is 6.99. The van der Waals surface area contributed by atoms with Crippen LogP contribution in [0.4, 0.5) is 0 Å². The van der Waals surface area contributed by atoms with E-state index < -0.39 is 0 Å². The number of nitrogens with zero attached hydrogens (tertiary/aromatic N) is 4. The molecule has 18 heavy (non-hydrogen) atoms. The maximum absolute atomic E-state index is 11.9. The van der Waals surface area contributed by atoms with Crippen molar-refractivity contribution in [1.82, 2.24) is 23.6 Å². The van der Waals surface area contributed by atoms with Crippen molar-refractivity contribution in [3.8, 4) is 0 Å². The van der Waals surface area contributed by atoms with Gasteiger partial charge in [-0.1, -0.05) is 0 Å². The first-order valence-corrected chi connectivity index (χ1v) is 6.56. The minimum absolute atomic E-state index is 0.139. The SMILES string of the molecule is Cc1cn2c(n1)CC[C@@H](NC(=O)c1cnsn1)C2. The summed E-state index contributed by atoms with van der Waals surface area (Å²) in [5, 5.41) is 2.99. The molecule has 3 heterocycles. The van der Waals surface area contributed by atoms with Crippen molar-refractivity contribution in [1.29, 1.82) is 0 Å². The first kappa shape index (κ1) is 11.3. The van der Waals surface area contributed by atoms with Crippen LogP contribution in [0.1, 0.15) is 28.4 Å². The van der Waals surface area contributed by atoms with Gasteiger partial charge in [0.05, 0.1) is 23.6 Å². The average molecular weight is 263 g/mol. The van der Waals surface area contributed by atoms with E-state index in [9.17, 15) is 4.79 Å². The summed E-state index contributed by atoms with van der Waals surface area (Å²) in [6.07, 6.45) is 5.33. The standard InChI is InChI=1S/C11H13N5OS/c1-7-5-16-6-8(2-3-10(16)13-7)14-11(17)9-4-12-18-15-9/h4-5,8H,2-3,6H2,1H3,(H,14,17)/t8-/m1/s1. The third kappa shape index (κ3) is 2.13. The van der Waals surface area contributed by atoms with E-state index >= 15 is 0 Å². The fourth-order valence-electron chi connectivity index (χ4n) is 2.23. The molecule has 1 aliphatic heterocycles. The molecule has 0 aromatic carbocycles. The maximum Gasteiger partial charge on any atom is 0.272 e. The summed E-state index contributed by atoms with van der Waals surface area (Å²) in [6, 6.07) is 0.139. The second-order valence-corrected chi connectivity index (χ2v) is 5.01. The molecule has 94 valence electrons. The van der Waals surface area contributed by atoms with E-state index in [1.807, 2.05) is 13.1 Å². The number of amides is 1. The Hall–Kier alpha value is -1.76. The predicted octanol–water partition coefficient (Wildman–Crippen LogP) is 0.788. The van der Waals surface area contributed by atoms with Crippen LogP contribution in [0, 0.1) is 6.92 Å². The Morgan fingerprint density at radius 2 is 2.50 bits per heavy atom. The maximum atomic E-state index is 11.9. The summed E-state index contributed by atoms with van der Waals surface area (Å²) in [5.74, 6) is 0.961. The Balaban J connectivity index is 1.68. The number of carbonyl (C=O) groups excluding carboxylic acids is 1. The molecule has 2 aromatic heterocycles. The first-order chi connectivity index (χ1) is 8.72. The van der Waals surface area contributed by atoms with Crippen molar-refractivity contribution < 1.29 is 4.79 Å². The summed E-state index contributed by atoms with van der Waals surface area (Å²) in [7, 11) is 0. The van der Waals surface area contributed by atoms with Crippen molar-refractivity contribution in [2.45, 2.75) is 32.4 Å². The van der Waals surface area contributed by atoms with Crippen molar-refractivity contribution in [3.05, 3.63) is 29.6 Å². The van der Waals surface area contributed by atoms with Crippen LogP contribution in [0.15, 0.2) is 12.4 Å². The third-order valence-corrected chi connectivity index (χ3v) is 3.52. The zero-order chi connectivity index (χ0) is 12.5. The van der Waals surface area contributed by atoms with Crippen LogP contribution < -0.4 is 5.32 Å². The number of aryl methyl sites for hydroxylation is 2. The lowest BCUT2D eigenvalue weighted by Gasteiger charge is -2.24. The molecule has 2 aromatic rings. The molecule has 6 nitrogen and oxygen atoms in total. The number of hydrogen-bond acceptors (Lipinski definition) is 5. The molecule has 3 rings (SSSR count). The average Bonchev–Trinajstić information content (AvgIpc) is 2.95. The molecule has 1 atom stereocenters. The highest BCUT2D eigenvalue weighted by Crippen LogP contribution is 2.15. The van der Waals surface area contributed by atoms with Crippen LogP contribution in [0.5, 0.6) is 0 Å². The van der Waals surface area contributed by atoms with Gasteiger partial charge in [0.2, 0.25) is 0 Å². The van der Waals surface area contributed by atoms with Gasteiger partial charge in [-0.3, -0.25) is 4.79 Å². The summed E-state index contributed by atoms with van der Waals surface area (Å²) in [5.41, 5.74) is 1.42. The normalized spacial score (nSPS) is 18.4. The topological polar surface area (TPSA) is 72.7 Å². The van der Waals surface area contributed by atoms with Crippen LogP contribution >= 0.6 is 11.7 Å². The van der Waals surface area contributed by atoms with Crippen molar-refractivity contribution >= 4 is 17.6 Å². The first-order valence-electron chi connectivity index (χ1n) is 5.83. The Labute approximate surface area is 108 Å². The fraction of sp³-hybridized carbons (Fsp3) is 0.455. The second-order valence-electron chi connectivity index (χ2n) is 4.45. The van der Waals surface area contributed by atoms with Crippen molar-refractivity contribution in [2.24, 2.45) is 0 Å². The van der Waals surface area contributed by atoms with Gasteiger partial charge in [-0.25, -0.2) is 4.98 Å². The molecule has 0 saturated carbocycles. The van der Waals surface area contributed by atoms with Gasteiger partial charge < -0.3 is 9.88 Å². The van der Waals surface area contributed by atoms with E-state index in [0.29, 0.717) is 5.69 Å². The quantitative estimate of drug-likeness (QED) is 0.869. The van der Waals surface area contributed by atoms with Crippen LogP contribution in [0.25, 0.3) is 0 Å². The Morgan fingerprint density at radius 3 is 3.28 bits per heavy atom. The molecular weight excluding hydrogens is 250 g/mol. The van der Waals surface area contributed by atoms with E-state index in [-0.39, 0.29) is 11.9 Å². The van der Waals surface area contributed by atoms with Gasteiger partial charge in [-0.05, 0) is 13.3 Å². The summed E-state index contributed by atoms with van der Waals surface area (Å²) in [6.45, 7) is 2.76. The number of rotatable bonds is 2.